The Balaban J connectivity index is 1.26. The molecule has 0 bridgehead atoms. The highest BCUT2D eigenvalue weighted by Gasteiger charge is 2.59. The van der Waals surface area contributed by atoms with Gasteiger partial charge in [0.2, 0.25) is 11.8 Å². The maximum absolute atomic E-state index is 13.4. The number of rotatable bonds is 6. The van der Waals surface area contributed by atoms with Crippen molar-refractivity contribution in [3.63, 3.8) is 0 Å². The van der Waals surface area contributed by atoms with Crippen LogP contribution in [0.2, 0.25) is 0 Å². The molecule has 7 nitrogen and oxygen atoms in total. The molecule has 1 N–H and O–H groups in total. The Hall–Kier alpha value is -4.39. The maximum atomic E-state index is 13.4. The number of hydrogen-bond acceptors (Lipinski definition) is 5. The Morgan fingerprint density at radius 3 is 2.51 bits per heavy atom. The van der Waals surface area contributed by atoms with E-state index >= 15 is 0 Å². The van der Waals surface area contributed by atoms with Crippen molar-refractivity contribution in [1.29, 1.82) is 0 Å². The van der Waals surface area contributed by atoms with E-state index in [0.717, 1.165) is 35.3 Å². The number of amides is 1. The molecule has 35 heavy (non-hydrogen) atoms. The summed E-state index contributed by atoms with van der Waals surface area (Å²) >= 11 is 0. The number of benzene rings is 3. The quantitative estimate of drug-likeness (QED) is 0.395. The lowest BCUT2D eigenvalue weighted by Crippen LogP contribution is -2.27. The number of carboxylic acids is 1. The van der Waals surface area contributed by atoms with Crippen LogP contribution in [0.4, 0.5) is 11.4 Å². The standard InChI is InChI=1S/C28H22N2O5/c1-17-23(29-25(35-17)18-5-3-2-4-6-18)16-34-21-11-12-24-22(15-21)28(13-14-28)27(33)30(24)20-9-7-19(8-10-20)26(31)32/h2-12,15H,13-14,16H2,1H3,(H,31,32). The number of ether oxygens (including phenoxy) is 1. The zero-order chi connectivity index (χ0) is 24.2. The van der Waals surface area contributed by atoms with Crippen molar-refractivity contribution in [1.82, 2.24) is 4.98 Å². The van der Waals surface area contributed by atoms with Gasteiger partial charge >= 0.3 is 5.97 Å². The van der Waals surface area contributed by atoms with E-state index in [1.807, 2.05) is 55.5 Å². The van der Waals surface area contributed by atoms with Crippen molar-refractivity contribution in [2.45, 2.75) is 31.8 Å². The molecular formula is C28H22N2O5. The fourth-order valence-electron chi connectivity index (χ4n) is 4.66. The lowest BCUT2D eigenvalue weighted by Gasteiger charge is -2.18. The minimum atomic E-state index is -0.997. The molecule has 3 aromatic carbocycles. The van der Waals surface area contributed by atoms with E-state index < -0.39 is 11.4 Å². The average Bonchev–Trinajstić information content (AvgIpc) is 3.55. The number of nitrogens with zero attached hydrogens (tertiary/aromatic N) is 2. The topological polar surface area (TPSA) is 92.9 Å². The lowest BCUT2D eigenvalue weighted by molar-refractivity contribution is -0.119. The number of aromatic nitrogens is 1. The molecule has 1 saturated carbocycles. The van der Waals surface area contributed by atoms with Gasteiger partial charge in [-0.3, -0.25) is 9.69 Å². The Labute approximate surface area is 201 Å². The maximum Gasteiger partial charge on any atom is 0.335 e. The van der Waals surface area contributed by atoms with Crippen LogP contribution in [-0.4, -0.2) is 22.0 Å². The van der Waals surface area contributed by atoms with Crippen LogP contribution in [0.15, 0.2) is 77.2 Å². The Morgan fingerprint density at radius 2 is 1.83 bits per heavy atom. The summed E-state index contributed by atoms with van der Waals surface area (Å²) in [4.78, 5) is 30.9. The van der Waals surface area contributed by atoms with Crippen molar-refractivity contribution in [2.75, 3.05) is 4.90 Å². The van der Waals surface area contributed by atoms with E-state index in [4.69, 9.17) is 9.15 Å². The molecule has 7 heteroatoms. The lowest BCUT2D eigenvalue weighted by atomic mass is 9.98. The van der Waals surface area contributed by atoms with E-state index in [1.54, 1.807) is 17.0 Å². The predicted octanol–water partition coefficient (Wildman–Crippen LogP) is 5.64. The highest BCUT2D eigenvalue weighted by molar-refractivity contribution is 6.14. The predicted molar refractivity (Wildman–Crippen MR) is 129 cm³/mol. The van der Waals surface area contributed by atoms with Crippen molar-refractivity contribution in [2.24, 2.45) is 0 Å². The molecule has 0 radical (unpaired) electrons. The minimum absolute atomic E-state index is 0.0209. The van der Waals surface area contributed by atoms with Gasteiger partial charge in [0.15, 0.2) is 0 Å². The van der Waals surface area contributed by atoms with Crippen LogP contribution < -0.4 is 9.64 Å². The third-order valence-electron chi connectivity index (χ3n) is 6.75. The second kappa shape index (κ2) is 7.84. The molecule has 1 aromatic heterocycles. The van der Waals surface area contributed by atoms with E-state index in [0.29, 0.717) is 23.1 Å². The van der Waals surface area contributed by atoms with Gasteiger partial charge in [-0.25, -0.2) is 9.78 Å². The largest absolute Gasteiger partial charge is 0.487 e. The number of fused-ring (bicyclic) bond motifs is 2. The van der Waals surface area contributed by atoms with E-state index in [-0.39, 0.29) is 18.1 Å². The van der Waals surface area contributed by atoms with E-state index in [1.165, 1.54) is 12.1 Å². The number of anilines is 2. The second-order valence-electron chi connectivity index (χ2n) is 8.93. The van der Waals surface area contributed by atoms with Crippen molar-refractivity contribution in [3.05, 3.63) is 95.4 Å². The molecule has 174 valence electrons. The first-order valence-corrected chi connectivity index (χ1v) is 11.4. The summed E-state index contributed by atoms with van der Waals surface area (Å²) in [6.07, 6.45) is 1.57. The third kappa shape index (κ3) is 3.47. The van der Waals surface area contributed by atoms with E-state index in [9.17, 15) is 14.7 Å². The van der Waals surface area contributed by atoms with Gasteiger partial charge in [0, 0.05) is 11.3 Å². The van der Waals surface area contributed by atoms with Crippen LogP contribution >= 0.6 is 0 Å². The summed E-state index contributed by atoms with van der Waals surface area (Å²) in [6.45, 7) is 2.12. The van der Waals surface area contributed by atoms with Crippen molar-refractivity contribution in [3.8, 4) is 17.2 Å². The number of aromatic carboxylic acids is 1. The molecule has 1 spiro atoms. The zero-order valence-corrected chi connectivity index (χ0v) is 19.0. The van der Waals surface area contributed by atoms with Gasteiger partial charge in [0.05, 0.1) is 16.7 Å². The third-order valence-corrected chi connectivity index (χ3v) is 6.75. The Morgan fingerprint density at radius 1 is 1.09 bits per heavy atom. The zero-order valence-electron chi connectivity index (χ0n) is 19.0. The molecule has 1 aliphatic heterocycles. The van der Waals surface area contributed by atoms with Crippen LogP contribution in [0.1, 0.15) is 40.2 Å². The van der Waals surface area contributed by atoms with Crippen molar-refractivity contribution < 1.29 is 23.8 Å². The van der Waals surface area contributed by atoms with Crippen LogP contribution in [0.25, 0.3) is 11.5 Å². The van der Waals surface area contributed by atoms with Gasteiger partial charge in [-0.15, -0.1) is 0 Å². The SMILES string of the molecule is Cc1oc(-c2ccccc2)nc1COc1ccc2c(c1)C1(CC1)C(=O)N2c1ccc(C(=O)O)cc1. The summed E-state index contributed by atoms with van der Waals surface area (Å²) in [6, 6.07) is 21.8. The van der Waals surface area contributed by atoms with Gasteiger partial charge in [0.25, 0.3) is 0 Å². The summed E-state index contributed by atoms with van der Waals surface area (Å²) in [5.74, 6) is 0.947. The van der Waals surface area contributed by atoms with E-state index in [2.05, 4.69) is 4.98 Å². The fourth-order valence-corrected chi connectivity index (χ4v) is 4.66. The molecule has 1 amide bonds. The van der Waals surface area contributed by atoms with Gasteiger partial charge in [-0.1, -0.05) is 18.2 Å². The van der Waals surface area contributed by atoms with Gasteiger partial charge in [0.1, 0.15) is 23.8 Å². The first-order chi connectivity index (χ1) is 17.0. The number of carboxylic acid groups (broad SMARTS) is 1. The molecule has 0 atom stereocenters. The molecular weight excluding hydrogens is 444 g/mol. The number of carbonyl (C=O) groups is 2. The molecule has 2 heterocycles. The van der Waals surface area contributed by atoms with Crippen LogP contribution in [0.5, 0.6) is 5.75 Å². The minimum Gasteiger partial charge on any atom is -0.487 e. The average molecular weight is 466 g/mol. The second-order valence-corrected chi connectivity index (χ2v) is 8.93. The van der Waals surface area contributed by atoms with Crippen LogP contribution in [0.3, 0.4) is 0 Å². The first-order valence-electron chi connectivity index (χ1n) is 11.4. The normalized spacial score (nSPS) is 15.3. The molecule has 6 rings (SSSR count). The molecule has 4 aromatic rings. The smallest absolute Gasteiger partial charge is 0.335 e. The number of oxazole rings is 1. The summed E-state index contributed by atoms with van der Waals surface area (Å²) in [5.41, 5.74) is 3.71. The van der Waals surface area contributed by atoms with Crippen molar-refractivity contribution >= 4 is 23.3 Å². The monoisotopic (exact) mass is 466 g/mol. The summed E-state index contributed by atoms with van der Waals surface area (Å²) in [5, 5.41) is 9.18. The Kier molecular flexibility index (Phi) is 4.74. The molecule has 0 saturated heterocycles. The number of carbonyl (C=O) groups excluding carboxylic acids is 1. The number of aryl methyl sites for hydroxylation is 1. The van der Waals surface area contributed by atoms with Gasteiger partial charge < -0.3 is 14.3 Å². The van der Waals surface area contributed by atoms with Crippen LogP contribution in [-0.2, 0) is 16.8 Å². The highest BCUT2D eigenvalue weighted by atomic mass is 16.5. The number of hydrogen-bond donors (Lipinski definition) is 1. The molecule has 0 unspecified atom stereocenters. The van der Waals surface area contributed by atoms with Crippen LogP contribution in [0, 0.1) is 6.92 Å². The summed E-state index contributed by atoms with van der Waals surface area (Å²) in [7, 11) is 0. The fraction of sp³-hybridized carbons (Fsp3) is 0.179. The van der Waals surface area contributed by atoms with Gasteiger partial charge in [-0.2, -0.15) is 0 Å². The highest BCUT2D eigenvalue weighted by Crippen LogP contribution is 2.59. The summed E-state index contributed by atoms with van der Waals surface area (Å²) < 4.78 is 11.9. The molecule has 2 aliphatic rings. The first kappa shape index (κ1) is 21.2. The molecule has 1 aliphatic carbocycles. The Bertz CT molecular complexity index is 1450. The molecule has 1 fully saturated rings. The van der Waals surface area contributed by atoms with Gasteiger partial charge in [-0.05, 0) is 79.9 Å².